The van der Waals surface area contributed by atoms with Crippen LogP contribution >= 0.6 is 0 Å². The standard InChI is InChI=1S/C8H14N2.C2H6/c1-7(2)8-4-3-5-10(8)6-9;1-2/h7-8H,3-5H2,1-2H3;1-2H3. The van der Waals surface area contributed by atoms with Gasteiger partial charge in [-0.05, 0) is 18.8 Å². The number of hydrogen-bond acceptors (Lipinski definition) is 2. The lowest BCUT2D eigenvalue weighted by Crippen LogP contribution is -2.28. The molecule has 1 unspecified atom stereocenters. The highest BCUT2D eigenvalue weighted by Crippen LogP contribution is 2.22. The molecule has 70 valence electrons. The van der Waals surface area contributed by atoms with E-state index in [0.29, 0.717) is 12.0 Å². The van der Waals surface area contributed by atoms with E-state index in [2.05, 4.69) is 20.0 Å². The first kappa shape index (κ1) is 11.3. The Bertz CT molecular complexity index is 146. The van der Waals surface area contributed by atoms with Crippen LogP contribution in [0.4, 0.5) is 0 Å². The maximum atomic E-state index is 8.66. The second-order valence-corrected chi connectivity index (χ2v) is 3.25. The Labute approximate surface area is 76.2 Å². The fourth-order valence-electron chi connectivity index (χ4n) is 1.61. The molecule has 1 heterocycles. The first-order valence-electron chi connectivity index (χ1n) is 4.92. The molecule has 0 aliphatic carbocycles. The smallest absolute Gasteiger partial charge is 0.179 e. The molecule has 2 nitrogen and oxygen atoms in total. The van der Waals surface area contributed by atoms with Crippen molar-refractivity contribution in [1.82, 2.24) is 4.90 Å². The molecule has 0 radical (unpaired) electrons. The predicted octanol–water partition coefficient (Wildman–Crippen LogP) is 2.61. The molecule has 0 amide bonds. The Morgan fingerprint density at radius 3 is 2.33 bits per heavy atom. The van der Waals surface area contributed by atoms with Crippen molar-refractivity contribution < 1.29 is 0 Å². The summed E-state index contributed by atoms with van der Waals surface area (Å²) in [6, 6.07) is 0.519. The van der Waals surface area contributed by atoms with Crippen molar-refractivity contribution in [2.45, 2.75) is 46.6 Å². The average molecular weight is 168 g/mol. The summed E-state index contributed by atoms with van der Waals surface area (Å²) in [4.78, 5) is 1.91. The van der Waals surface area contributed by atoms with Crippen molar-refractivity contribution in [3.05, 3.63) is 0 Å². The lowest BCUT2D eigenvalue weighted by atomic mass is 10.0. The van der Waals surface area contributed by atoms with E-state index in [1.807, 2.05) is 18.7 Å². The molecule has 1 aliphatic rings. The van der Waals surface area contributed by atoms with Crippen molar-refractivity contribution in [3.8, 4) is 6.19 Å². The molecule has 0 N–H and O–H groups in total. The Morgan fingerprint density at radius 2 is 2.00 bits per heavy atom. The molecule has 12 heavy (non-hydrogen) atoms. The molecule has 2 heteroatoms. The summed E-state index contributed by atoms with van der Waals surface area (Å²) < 4.78 is 0. The summed E-state index contributed by atoms with van der Waals surface area (Å²) in [5.74, 6) is 0.627. The minimum atomic E-state index is 0.519. The zero-order chi connectivity index (χ0) is 9.56. The van der Waals surface area contributed by atoms with Gasteiger partial charge in [0.05, 0.1) is 0 Å². The Morgan fingerprint density at radius 1 is 1.42 bits per heavy atom. The molecule has 0 bridgehead atoms. The van der Waals surface area contributed by atoms with Gasteiger partial charge >= 0.3 is 0 Å². The molecule has 1 fully saturated rings. The number of rotatable bonds is 1. The van der Waals surface area contributed by atoms with Crippen LogP contribution in [-0.4, -0.2) is 17.5 Å². The van der Waals surface area contributed by atoms with Crippen LogP contribution < -0.4 is 0 Å². The second kappa shape index (κ2) is 5.88. The number of nitrogens with zero attached hydrogens (tertiary/aromatic N) is 2. The van der Waals surface area contributed by atoms with E-state index < -0.39 is 0 Å². The van der Waals surface area contributed by atoms with Gasteiger partial charge in [0.1, 0.15) is 0 Å². The molecule has 1 aliphatic heterocycles. The molecule has 1 atom stereocenters. The maximum Gasteiger partial charge on any atom is 0.179 e. The van der Waals surface area contributed by atoms with Gasteiger partial charge in [0, 0.05) is 12.6 Å². The van der Waals surface area contributed by atoms with Crippen molar-refractivity contribution >= 4 is 0 Å². The highest BCUT2D eigenvalue weighted by molar-refractivity contribution is 4.89. The van der Waals surface area contributed by atoms with Crippen molar-refractivity contribution in [2.24, 2.45) is 5.92 Å². The predicted molar refractivity (Wildman–Crippen MR) is 51.5 cm³/mol. The fraction of sp³-hybridized carbons (Fsp3) is 0.900. The summed E-state index contributed by atoms with van der Waals surface area (Å²) in [5, 5.41) is 8.66. The van der Waals surface area contributed by atoms with E-state index in [1.54, 1.807) is 0 Å². The van der Waals surface area contributed by atoms with Crippen LogP contribution in [0.1, 0.15) is 40.5 Å². The summed E-state index contributed by atoms with van der Waals surface area (Å²) in [5.41, 5.74) is 0. The Kier molecular flexibility index (Phi) is 5.53. The van der Waals surface area contributed by atoms with Crippen LogP contribution in [0.25, 0.3) is 0 Å². The number of likely N-dealkylation sites (tertiary alicyclic amines) is 1. The van der Waals surface area contributed by atoms with E-state index in [4.69, 9.17) is 5.26 Å². The summed E-state index contributed by atoms with van der Waals surface area (Å²) in [7, 11) is 0. The normalized spacial score (nSPS) is 21.7. The van der Waals surface area contributed by atoms with Crippen LogP contribution in [0.15, 0.2) is 0 Å². The molecule has 1 saturated heterocycles. The molecule has 0 aromatic rings. The van der Waals surface area contributed by atoms with Crippen LogP contribution in [0.5, 0.6) is 0 Å². The molecule has 1 rings (SSSR count). The molecule has 0 aromatic carbocycles. The van der Waals surface area contributed by atoms with Crippen LogP contribution in [-0.2, 0) is 0 Å². The minimum Gasteiger partial charge on any atom is -0.307 e. The second-order valence-electron chi connectivity index (χ2n) is 3.25. The van der Waals surface area contributed by atoms with Crippen molar-refractivity contribution in [1.29, 1.82) is 5.26 Å². The fourth-order valence-corrected chi connectivity index (χ4v) is 1.61. The SMILES string of the molecule is CC.CC(C)C1CCCN1C#N. The van der Waals surface area contributed by atoms with Crippen molar-refractivity contribution in [3.63, 3.8) is 0 Å². The quantitative estimate of drug-likeness (QED) is 0.563. The highest BCUT2D eigenvalue weighted by atomic mass is 15.2. The highest BCUT2D eigenvalue weighted by Gasteiger charge is 2.25. The van der Waals surface area contributed by atoms with Crippen LogP contribution in [0, 0.1) is 17.4 Å². The van der Waals surface area contributed by atoms with E-state index >= 15 is 0 Å². The average Bonchev–Trinajstić information content (AvgIpc) is 2.55. The van der Waals surface area contributed by atoms with E-state index in [1.165, 1.54) is 12.8 Å². The van der Waals surface area contributed by atoms with Gasteiger partial charge in [0.15, 0.2) is 6.19 Å². The third-order valence-electron chi connectivity index (χ3n) is 2.20. The number of nitriles is 1. The lowest BCUT2D eigenvalue weighted by Gasteiger charge is -2.21. The zero-order valence-corrected chi connectivity index (χ0v) is 8.67. The van der Waals surface area contributed by atoms with E-state index in [-0.39, 0.29) is 0 Å². The zero-order valence-electron chi connectivity index (χ0n) is 8.67. The largest absolute Gasteiger partial charge is 0.307 e. The molecular formula is C10H20N2. The minimum absolute atomic E-state index is 0.519. The van der Waals surface area contributed by atoms with E-state index in [9.17, 15) is 0 Å². The molecular weight excluding hydrogens is 148 g/mol. The van der Waals surface area contributed by atoms with Gasteiger partial charge in [-0.3, -0.25) is 0 Å². The first-order valence-corrected chi connectivity index (χ1v) is 4.92. The Balaban J connectivity index is 0.000000561. The Hall–Kier alpha value is -0.710. The topological polar surface area (TPSA) is 27.0 Å². The van der Waals surface area contributed by atoms with Crippen LogP contribution in [0.3, 0.4) is 0 Å². The maximum absolute atomic E-state index is 8.66. The lowest BCUT2D eigenvalue weighted by molar-refractivity contribution is 0.291. The van der Waals surface area contributed by atoms with Gasteiger partial charge in [0.2, 0.25) is 0 Å². The first-order chi connectivity index (χ1) is 5.75. The van der Waals surface area contributed by atoms with Gasteiger partial charge in [-0.2, -0.15) is 5.26 Å². The van der Waals surface area contributed by atoms with Gasteiger partial charge in [-0.25, -0.2) is 0 Å². The third-order valence-corrected chi connectivity index (χ3v) is 2.20. The van der Waals surface area contributed by atoms with Gasteiger partial charge in [-0.1, -0.05) is 27.7 Å². The third kappa shape index (κ3) is 2.73. The van der Waals surface area contributed by atoms with Gasteiger partial charge in [-0.15, -0.1) is 0 Å². The summed E-state index contributed by atoms with van der Waals surface area (Å²) in [6.07, 6.45) is 4.62. The number of hydrogen-bond donors (Lipinski definition) is 0. The van der Waals surface area contributed by atoms with Gasteiger partial charge < -0.3 is 4.90 Å². The van der Waals surface area contributed by atoms with Gasteiger partial charge in [0.25, 0.3) is 0 Å². The molecule has 0 spiro atoms. The molecule has 0 aromatic heterocycles. The molecule has 0 saturated carbocycles. The van der Waals surface area contributed by atoms with Crippen molar-refractivity contribution in [2.75, 3.05) is 6.54 Å². The van der Waals surface area contributed by atoms with E-state index in [0.717, 1.165) is 6.54 Å². The summed E-state index contributed by atoms with van der Waals surface area (Å²) in [6.45, 7) is 9.33. The summed E-state index contributed by atoms with van der Waals surface area (Å²) >= 11 is 0. The van der Waals surface area contributed by atoms with Crippen LogP contribution in [0.2, 0.25) is 0 Å². The monoisotopic (exact) mass is 168 g/mol.